The number of rotatable bonds is 4. The monoisotopic (exact) mass is 322 g/mol. The Morgan fingerprint density at radius 2 is 2.05 bits per heavy atom. The van der Waals surface area contributed by atoms with E-state index in [1.807, 2.05) is 31.2 Å². The summed E-state index contributed by atoms with van der Waals surface area (Å²) in [5, 5.41) is 3.34. The van der Waals surface area contributed by atoms with E-state index in [-0.39, 0.29) is 11.9 Å². The average Bonchev–Trinajstić information content (AvgIpc) is 2.39. The first-order chi connectivity index (χ1) is 9.10. The molecule has 0 aliphatic carbocycles. The summed E-state index contributed by atoms with van der Waals surface area (Å²) in [7, 11) is 0. The topological polar surface area (TPSA) is 38.0 Å². The predicted molar refractivity (Wildman–Crippen MR) is 80.7 cm³/mol. The molecular formula is C15H16BrFN2. The second kappa shape index (κ2) is 6.17. The van der Waals surface area contributed by atoms with Gasteiger partial charge in [-0.3, -0.25) is 0 Å². The maximum absolute atomic E-state index is 13.3. The van der Waals surface area contributed by atoms with Crippen molar-refractivity contribution in [3.63, 3.8) is 0 Å². The number of benzene rings is 2. The van der Waals surface area contributed by atoms with Crippen LogP contribution in [-0.2, 0) is 0 Å². The van der Waals surface area contributed by atoms with E-state index in [0.29, 0.717) is 6.54 Å². The maximum Gasteiger partial charge on any atom is 0.123 e. The Hall–Kier alpha value is -1.39. The molecule has 2 rings (SSSR count). The molecule has 0 radical (unpaired) electrons. The van der Waals surface area contributed by atoms with E-state index in [0.717, 1.165) is 21.3 Å². The number of halogens is 2. The Balaban J connectivity index is 2.26. The fraction of sp³-hybridized carbons (Fsp3) is 0.200. The molecule has 2 aromatic carbocycles. The van der Waals surface area contributed by atoms with Crippen LogP contribution >= 0.6 is 15.9 Å². The molecule has 0 saturated heterocycles. The zero-order valence-electron chi connectivity index (χ0n) is 10.7. The van der Waals surface area contributed by atoms with Crippen molar-refractivity contribution in [3.05, 3.63) is 63.9 Å². The van der Waals surface area contributed by atoms with Crippen LogP contribution in [0.15, 0.2) is 46.9 Å². The SMILES string of the molecule is Cc1ccc(Br)c(NC(CN)c2cccc(F)c2)c1. The van der Waals surface area contributed by atoms with Gasteiger partial charge in [-0.25, -0.2) is 4.39 Å². The van der Waals surface area contributed by atoms with Crippen molar-refractivity contribution < 1.29 is 4.39 Å². The minimum Gasteiger partial charge on any atom is -0.376 e. The highest BCUT2D eigenvalue weighted by Gasteiger charge is 2.11. The van der Waals surface area contributed by atoms with Gasteiger partial charge >= 0.3 is 0 Å². The summed E-state index contributed by atoms with van der Waals surface area (Å²) >= 11 is 3.50. The van der Waals surface area contributed by atoms with Crippen LogP contribution in [0, 0.1) is 12.7 Å². The Bertz CT molecular complexity index is 572. The van der Waals surface area contributed by atoms with E-state index in [1.165, 1.54) is 12.1 Å². The zero-order valence-corrected chi connectivity index (χ0v) is 12.2. The van der Waals surface area contributed by atoms with Gasteiger partial charge in [0.25, 0.3) is 0 Å². The van der Waals surface area contributed by atoms with Gasteiger partial charge in [-0.15, -0.1) is 0 Å². The van der Waals surface area contributed by atoms with Gasteiger partial charge in [0, 0.05) is 16.7 Å². The normalized spacial score (nSPS) is 12.2. The van der Waals surface area contributed by atoms with Crippen LogP contribution in [0.25, 0.3) is 0 Å². The van der Waals surface area contributed by atoms with Crippen LogP contribution in [-0.4, -0.2) is 6.54 Å². The largest absolute Gasteiger partial charge is 0.376 e. The van der Waals surface area contributed by atoms with E-state index >= 15 is 0 Å². The number of nitrogens with one attached hydrogen (secondary N) is 1. The van der Waals surface area contributed by atoms with Crippen LogP contribution in [0.5, 0.6) is 0 Å². The molecule has 0 bridgehead atoms. The highest BCUT2D eigenvalue weighted by Crippen LogP contribution is 2.27. The third-order valence-corrected chi connectivity index (χ3v) is 3.63. The summed E-state index contributed by atoms with van der Waals surface area (Å²) < 4.78 is 14.2. The summed E-state index contributed by atoms with van der Waals surface area (Å²) in [6.45, 7) is 2.42. The highest BCUT2D eigenvalue weighted by atomic mass is 79.9. The lowest BCUT2D eigenvalue weighted by Gasteiger charge is -2.20. The minimum absolute atomic E-state index is 0.117. The molecule has 0 heterocycles. The summed E-state index contributed by atoms with van der Waals surface area (Å²) in [5.41, 5.74) is 8.75. The standard InChI is InChI=1S/C15H16BrFN2/c1-10-5-6-13(16)14(7-10)19-15(9-18)11-3-2-4-12(17)8-11/h2-8,15,19H,9,18H2,1H3. The maximum atomic E-state index is 13.3. The van der Waals surface area contributed by atoms with Gasteiger partial charge < -0.3 is 11.1 Å². The van der Waals surface area contributed by atoms with Crippen LogP contribution in [0.1, 0.15) is 17.2 Å². The molecule has 100 valence electrons. The lowest BCUT2D eigenvalue weighted by atomic mass is 10.1. The van der Waals surface area contributed by atoms with Gasteiger partial charge in [0.05, 0.1) is 6.04 Å². The van der Waals surface area contributed by atoms with Gasteiger partial charge in [0.2, 0.25) is 0 Å². The number of hydrogen-bond donors (Lipinski definition) is 2. The molecule has 2 nitrogen and oxygen atoms in total. The van der Waals surface area contributed by atoms with Crippen LogP contribution in [0.2, 0.25) is 0 Å². The van der Waals surface area contributed by atoms with E-state index in [4.69, 9.17) is 5.73 Å². The number of hydrogen-bond acceptors (Lipinski definition) is 2. The Kier molecular flexibility index (Phi) is 4.56. The van der Waals surface area contributed by atoms with Crippen molar-refractivity contribution in [1.29, 1.82) is 0 Å². The Labute approximate surface area is 121 Å². The highest BCUT2D eigenvalue weighted by molar-refractivity contribution is 9.10. The zero-order chi connectivity index (χ0) is 13.8. The summed E-state index contributed by atoms with van der Waals surface area (Å²) in [4.78, 5) is 0. The summed E-state index contributed by atoms with van der Waals surface area (Å²) in [6.07, 6.45) is 0. The number of aryl methyl sites for hydroxylation is 1. The molecule has 0 saturated carbocycles. The molecule has 1 atom stereocenters. The second-order valence-electron chi connectivity index (χ2n) is 4.47. The van der Waals surface area contributed by atoms with Crippen LogP contribution < -0.4 is 11.1 Å². The van der Waals surface area contributed by atoms with Gasteiger partial charge in [-0.2, -0.15) is 0 Å². The molecule has 3 N–H and O–H groups in total. The molecule has 0 aromatic heterocycles. The van der Waals surface area contributed by atoms with Crippen molar-refractivity contribution in [1.82, 2.24) is 0 Å². The van der Waals surface area contributed by atoms with Crippen molar-refractivity contribution in [3.8, 4) is 0 Å². The molecule has 4 heteroatoms. The molecule has 19 heavy (non-hydrogen) atoms. The minimum atomic E-state index is -0.249. The third kappa shape index (κ3) is 3.55. The second-order valence-corrected chi connectivity index (χ2v) is 5.33. The first kappa shape index (κ1) is 14.0. The molecule has 0 aliphatic heterocycles. The molecule has 2 aromatic rings. The Morgan fingerprint density at radius 1 is 1.26 bits per heavy atom. The molecule has 0 spiro atoms. The van der Waals surface area contributed by atoms with Crippen molar-refractivity contribution in [2.75, 3.05) is 11.9 Å². The van der Waals surface area contributed by atoms with E-state index in [1.54, 1.807) is 6.07 Å². The van der Waals surface area contributed by atoms with Gasteiger partial charge in [0.15, 0.2) is 0 Å². The first-order valence-electron chi connectivity index (χ1n) is 6.08. The summed E-state index contributed by atoms with van der Waals surface area (Å²) in [6, 6.07) is 12.4. The molecule has 0 fully saturated rings. The van der Waals surface area contributed by atoms with Gasteiger partial charge in [-0.05, 0) is 58.2 Å². The molecule has 0 aliphatic rings. The summed E-state index contributed by atoms with van der Waals surface area (Å²) in [5.74, 6) is -0.249. The van der Waals surface area contributed by atoms with E-state index in [2.05, 4.69) is 21.2 Å². The van der Waals surface area contributed by atoms with Gasteiger partial charge in [0.1, 0.15) is 5.82 Å². The fourth-order valence-electron chi connectivity index (χ4n) is 1.94. The number of nitrogens with two attached hydrogens (primary N) is 1. The van der Waals surface area contributed by atoms with Crippen LogP contribution in [0.4, 0.5) is 10.1 Å². The molecular weight excluding hydrogens is 307 g/mol. The van der Waals surface area contributed by atoms with E-state index < -0.39 is 0 Å². The average molecular weight is 323 g/mol. The van der Waals surface area contributed by atoms with Crippen molar-refractivity contribution >= 4 is 21.6 Å². The Morgan fingerprint density at radius 3 is 2.74 bits per heavy atom. The molecule has 1 unspecified atom stereocenters. The predicted octanol–water partition coefficient (Wildman–Crippen LogP) is 4.01. The third-order valence-electron chi connectivity index (χ3n) is 2.94. The number of anilines is 1. The lowest BCUT2D eigenvalue weighted by Crippen LogP contribution is -2.21. The fourth-order valence-corrected chi connectivity index (χ4v) is 2.30. The first-order valence-corrected chi connectivity index (χ1v) is 6.87. The van der Waals surface area contributed by atoms with Crippen molar-refractivity contribution in [2.45, 2.75) is 13.0 Å². The van der Waals surface area contributed by atoms with Gasteiger partial charge in [-0.1, -0.05) is 18.2 Å². The lowest BCUT2D eigenvalue weighted by molar-refractivity contribution is 0.622. The molecule has 0 amide bonds. The quantitative estimate of drug-likeness (QED) is 0.892. The van der Waals surface area contributed by atoms with E-state index in [9.17, 15) is 4.39 Å². The smallest absolute Gasteiger partial charge is 0.123 e. The van der Waals surface area contributed by atoms with Crippen LogP contribution in [0.3, 0.4) is 0 Å². The van der Waals surface area contributed by atoms with Crippen molar-refractivity contribution in [2.24, 2.45) is 5.73 Å².